The summed E-state index contributed by atoms with van der Waals surface area (Å²) in [4.78, 5) is 21.5. The molecule has 1 aromatic carbocycles. The van der Waals surface area contributed by atoms with Crippen molar-refractivity contribution in [3.05, 3.63) is 29.3 Å². The SMILES string of the molecule is CC1(C)Cc2ccc(OC(=O)NNC(=O)O)cc2C1. The summed E-state index contributed by atoms with van der Waals surface area (Å²) in [5.74, 6) is 0.404. The minimum absolute atomic E-state index is 0.230. The van der Waals surface area contributed by atoms with Gasteiger partial charge in [-0.25, -0.2) is 20.4 Å². The smallest absolute Gasteiger partial charge is 0.431 e. The molecule has 1 aliphatic carbocycles. The van der Waals surface area contributed by atoms with E-state index in [0.717, 1.165) is 12.8 Å². The lowest BCUT2D eigenvalue weighted by atomic mass is 9.90. The molecule has 2 amide bonds. The van der Waals surface area contributed by atoms with Crippen LogP contribution in [0.2, 0.25) is 0 Å². The van der Waals surface area contributed by atoms with Gasteiger partial charge in [-0.1, -0.05) is 19.9 Å². The number of carbonyl (C=O) groups is 2. The maximum absolute atomic E-state index is 11.3. The molecule has 0 fully saturated rings. The van der Waals surface area contributed by atoms with Gasteiger partial charge in [0.05, 0.1) is 0 Å². The summed E-state index contributed by atoms with van der Waals surface area (Å²) in [5, 5.41) is 8.33. The fourth-order valence-electron chi connectivity index (χ4n) is 2.33. The summed E-state index contributed by atoms with van der Waals surface area (Å²) in [5.41, 5.74) is 6.29. The predicted octanol–water partition coefficient (Wildman–Crippen LogP) is 2.08. The standard InChI is InChI=1S/C13H16N2O4/c1-13(2)6-8-3-4-10(5-9(8)7-13)19-12(18)15-14-11(16)17/h3-5,14H,6-7H2,1-2H3,(H,15,18)(H,16,17). The van der Waals surface area contributed by atoms with Gasteiger partial charge in [0, 0.05) is 0 Å². The van der Waals surface area contributed by atoms with Gasteiger partial charge in [0.15, 0.2) is 0 Å². The number of fused-ring (bicyclic) bond motifs is 1. The van der Waals surface area contributed by atoms with Gasteiger partial charge < -0.3 is 9.84 Å². The molecule has 19 heavy (non-hydrogen) atoms. The average Bonchev–Trinajstić information content (AvgIpc) is 2.59. The second-order valence-electron chi connectivity index (χ2n) is 5.39. The molecule has 0 atom stereocenters. The molecule has 0 radical (unpaired) electrons. The highest BCUT2D eigenvalue weighted by molar-refractivity contribution is 5.74. The predicted molar refractivity (Wildman–Crippen MR) is 68.0 cm³/mol. The van der Waals surface area contributed by atoms with Crippen LogP contribution in [0.5, 0.6) is 5.75 Å². The zero-order chi connectivity index (χ0) is 14.0. The average molecular weight is 264 g/mol. The summed E-state index contributed by atoms with van der Waals surface area (Å²) < 4.78 is 4.98. The minimum Gasteiger partial charge on any atom is -0.464 e. The van der Waals surface area contributed by atoms with Crippen LogP contribution in [-0.2, 0) is 12.8 Å². The lowest BCUT2D eigenvalue weighted by Gasteiger charge is -2.14. The summed E-state index contributed by atoms with van der Waals surface area (Å²) in [6.45, 7) is 4.38. The lowest BCUT2D eigenvalue weighted by molar-refractivity contribution is 0.175. The molecule has 0 saturated heterocycles. The van der Waals surface area contributed by atoms with Crippen LogP contribution in [0.15, 0.2) is 18.2 Å². The molecule has 6 nitrogen and oxygen atoms in total. The van der Waals surface area contributed by atoms with E-state index in [2.05, 4.69) is 13.8 Å². The number of hydrazine groups is 1. The molecule has 0 saturated carbocycles. The Morgan fingerprint density at radius 3 is 2.58 bits per heavy atom. The fraction of sp³-hybridized carbons (Fsp3) is 0.385. The molecule has 6 heteroatoms. The van der Waals surface area contributed by atoms with Crippen molar-refractivity contribution in [3.8, 4) is 5.75 Å². The number of carboxylic acid groups (broad SMARTS) is 1. The number of amides is 2. The van der Waals surface area contributed by atoms with Crippen molar-refractivity contribution >= 4 is 12.2 Å². The normalized spacial score (nSPS) is 15.5. The van der Waals surface area contributed by atoms with Crippen molar-refractivity contribution < 1.29 is 19.4 Å². The Morgan fingerprint density at radius 1 is 1.21 bits per heavy atom. The number of rotatable bonds is 1. The first-order chi connectivity index (χ1) is 8.85. The largest absolute Gasteiger partial charge is 0.464 e. The molecule has 0 aliphatic heterocycles. The maximum Gasteiger partial charge on any atom is 0.431 e. The van der Waals surface area contributed by atoms with Crippen molar-refractivity contribution in [2.45, 2.75) is 26.7 Å². The number of carbonyl (C=O) groups excluding carboxylic acids is 1. The Bertz CT molecular complexity index is 525. The van der Waals surface area contributed by atoms with E-state index < -0.39 is 12.2 Å². The number of hydrogen-bond donors (Lipinski definition) is 3. The second kappa shape index (κ2) is 4.79. The molecular weight excluding hydrogens is 248 g/mol. The summed E-state index contributed by atoms with van der Waals surface area (Å²) >= 11 is 0. The zero-order valence-corrected chi connectivity index (χ0v) is 10.8. The van der Waals surface area contributed by atoms with Crippen LogP contribution in [0, 0.1) is 5.41 Å². The molecule has 0 aromatic heterocycles. The van der Waals surface area contributed by atoms with Gasteiger partial charge in [-0.05, 0) is 41.5 Å². The summed E-state index contributed by atoms with van der Waals surface area (Å²) in [6, 6.07) is 5.47. The summed E-state index contributed by atoms with van der Waals surface area (Å²) in [7, 11) is 0. The van der Waals surface area contributed by atoms with Crippen LogP contribution in [-0.4, -0.2) is 17.3 Å². The van der Waals surface area contributed by atoms with E-state index in [1.54, 1.807) is 11.5 Å². The van der Waals surface area contributed by atoms with Crippen molar-refractivity contribution in [1.82, 2.24) is 10.9 Å². The molecule has 102 valence electrons. The first-order valence-corrected chi connectivity index (χ1v) is 5.94. The Morgan fingerprint density at radius 2 is 1.89 bits per heavy atom. The molecular formula is C13H16N2O4. The van der Waals surface area contributed by atoms with Gasteiger partial charge in [-0.15, -0.1) is 0 Å². The number of nitrogens with one attached hydrogen (secondary N) is 2. The maximum atomic E-state index is 11.3. The van der Waals surface area contributed by atoms with E-state index in [-0.39, 0.29) is 5.41 Å². The number of benzene rings is 1. The zero-order valence-electron chi connectivity index (χ0n) is 10.8. The van der Waals surface area contributed by atoms with E-state index in [1.807, 2.05) is 17.6 Å². The van der Waals surface area contributed by atoms with E-state index in [9.17, 15) is 9.59 Å². The van der Waals surface area contributed by atoms with Gasteiger partial charge in [0.2, 0.25) is 0 Å². The van der Waals surface area contributed by atoms with Crippen LogP contribution in [0.25, 0.3) is 0 Å². The monoisotopic (exact) mass is 264 g/mol. The third-order valence-corrected chi connectivity index (χ3v) is 3.00. The lowest BCUT2D eigenvalue weighted by Crippen LogP contribution is -2.42. The highest BCUT2D eigenvalue weighted by atomic mass is 16.6. The van der Waals surface area contributed by atoms with Gasteiger partial charge in [0.1, 0.15) is 5.75 Å². The summed E-state index contributed by atoms with van der Waals surface area (Å²) in [6.07, 6.45) is -0.267. The van der Waals surface area contributed by atoms with Crippen molar-refractivity contribution in [2.75, 3.05) is 0 Å². The number of ether oxygens (including phenoxy) is 1. The third-order valence-electron chi connectivity index (χ3n) is 3.00. The number of hydrogen-bond acceptors (Lipinski definition) is 3. The highest BCUT2D eigenvalue weighted by Gasteiger charge is 2.28. The Labute approximate surface area is 110 Å². The molecule has 0 bridgehead atoms. The van der Waals surface area contributed by atoms with Gasteiger partial charge in [0.25, 0.3) is 0 Å². The Hall–Kier alpha value is -2.24. The van der Waals surface area contributed by atoms with Crippen molar-refractivity contribution in [1.29, 1.82) is 0 Å². The Balaban J connectivity index is 2.00. The van der Waals surface area contributed by atoms with E-state index in [4.69, 9.17) is 9.84 Å². The van der Waals surface area contributed by atoms with Gasteiger partial charge in [-0.2, -0.15) is 0 Å². The quantitative estimate of drug-likeness (QED) is 0.678. The van der Waals surface area contributed by atoms with Crippen LogP contribution < -0.4 is 15.6 Å². The van der Waals surface area contributed by atoms with Gasteiger partial charge >= 0.3 is 12.2 Å². The Kier molecular flexibility index (Phi) is 3.33. The first kappa shape index (κ1) is 13.2. The van der Waals surface area contributed by atoms with Crippen molar-refractivity contribution in [3.63, 3.8) is 0 Å². The molecule has 0 unspecified atom stereocenters. The molecule has 0 spiro atoms. The van der Waals surface area contributed by atoms with E-state index in [1.165, 1.54) is 11.1 Å². The third kappa shape index (κ3) is 3.37. The van der Waals surface area contributed by atoms with Crippen LogP contribution in [0.4, 0.5) is 9.59 Å². The molecule has 2 rings (SSSR count). The fourth-order valence-corrected chi connectivity index (χ4v) is 2.33. The van der Waals surface area contributed by atoms with Gasteiger partial charge in [-0.3, -0.25) is 0 Å². The molecule has 1 aromatic rings. The topological polar surface area (TPSA) is 87.7 Å². The first-order valence-electron chi connectivity index (χ1n) is 5.94. The molecule has 3 N–H and O–H groups in total. The molecule has 1 aliphatic rings. The van der Waals surface area contributed by atoms with Crippen LogP contribution in [0.3, 0.4) is 0 Å². The molecule has 0 heterocycles. The van der Waals surface area contributed by atoms with E-state index in [0.29, 0.717) is 5.75 Å². The van der Waals surface area contributed by atoms with Crippen LogP contribution in [0.1, 0.15) is 25.0 Å². The minimum atomic E-state index is -1.35. The van der Waals surface area contributed by atoms with Crippen LogP contribution >= 0.6 is 0 Å². The second-order valence-corrected chi connectivity index (χ2v) is 5.39. The van der Waals surface area contributed by atoms with Crippen molar-refractivity contribution in [2.24, 2.45) is 5.41 Å². The van der Waals surface area contributed by atoms with E-state index >= 15 is 0 Å². The highest BCUT2D eigenvalue weighted by Crippen LogP contribution is 2.37.